The van der Waals surface area contributed by atoms with Crippen LogP contribution in [0.15, 0.2) is 24.3 Å². The Hall–Kier alpha value is -1.15. The number of rotatable bonds is 7. The van der Waals surface area contributed by atoms with Gasteiger partial charge in [0.1, 0.15) is 6.79 Å². The van der Waals surface area contributed by atoms with Gasteiger partial charge in [0.25, 0.3) is 0 Å². The minimum absolute atomic E-state index is 0.358. The van der Waals surface area contributed by atoms with Crippen molar-refractivity contribution in [1.82, 2.24) is 0 Å². The highest BCUT2D eigenvalue weighted by Gasteiger charge is 2.17. The fourth-order valence-corrected chi connectivity index (χ4v) is 4.16. The Morgan fingerprint density at radius 3 is 2.78 bits per heavy atom. The topological polar surface area (TPSA) is 42.2 Å². The molecule has 1 aromatic carbocycles. The van der Waals surface area contributed by atoms with E-state index in [-0.39, 0.29) is 0 Å². The molecule has 0 heterocycles. The summed E-state index contributed by atoms with van der Waals surface area (Å²) >= 11 is 0. The van der Waals surface area contributed by atoms with Gasteiger partial charge in [-0.1, -0.05) is 26.0 Å². The minimum Gasteiger partial charge on any atom is -0.393 e. The second-order valence-corrected chi connectivity index (χ2v) is 7.08. The van der Waals surface area contributed by atoms with Crippen molar-refractivity contribution in [2.45, 2.75) is 26.8 Å². The minimum atomic E-state index is -1.50. The lowest BCUT2D eigenvalue weighted by Gasteiger charge is -2.18. The number of benzene rings is 1. The summed E-state index contributed by atoms with van der Waals surface area (Å²) in [6.07, 6.45) is 0. The first-order chi connectivity index (χ1) is 8.67. The van der Waals surface area contributed by atoms with Crippen molar-refractivity contribution in [3.05, 3.63) is 29.8 Å². The van der Waals surface area contributed by atoms with E-state index in [0.29, 0.717) is 24.9 Å². The van der Waals surface area contributed by atoms with E-state index >= 15 is 0 Å². The molecule has 0 amide bonds. The van der Waals surface area contributed by atoms with Crippen LogP contribution in [0, 0.1) is 17.2 Å². The number of ether oxygens (including phenoxy) is 1. The molecule has 0 aliphatic heterocycles. The summed E-state index contributed by atoms with van der Waals surface area (Å²) in [7, 11) is -1.50. The first kappa shape index (κ1) is 14.9. The third-order valence-corrected chi connectivity index (χ3v) is 5.64. The van der Waals surface area contributed by atoms with Crippen molar-refractivity contribution >= 4 is 14.2 Å². The summed E-state index contributed by atoms with van der Waals surface area (Å²) in [5, 5.41) is 10.1. The normalized spacial score (nSPS) is 12.4. The summed E-state index contributed by atoms with van der Waals surface area (Å²) < 4.78 is 11.2. The lowest BCUT2D eigenvalue weighted by Crippen LogP contribution is -2.35. The number of nitriles is 1. The number of hydrogen-bond acceptors (Lipinski definition) is 3. The van der Waals surface area contributed by atoms with Gasteiger partial charge < -0.3 is 9.16 Å². The van der Waals surface area contributed by atoms with E-state index < -0.39 is 9.04 Å². The Morgan fingerprint density at radius 2 is 2.17 bits per heavy atom. The van der Waals surface area contributed by atoms with Crippen LogP contribution in [0.2, 0.25) is 6.04 Å². The molecule has 0 aliphatic rings. The third-order valence-electron chi connectivity index (χ3n) is 2.63. The van der Waals surface area contributed by atoms with Crippen LogP contribution in [-0.2, 0) is 9.16 Å². The van der Waals surface area contributed by atoms with Gasteiger partial charge in [-0.05, 0) is 36.2 Å². The molecule has 3 nitrogen and oxygen atoms in total. The van der Waals surface area contributed by atoms with Crippen LogP contribution in [0.25, 0.3) is 0 Å². The van der Waals surface area contributed by atoms with Crippen molar-refractivity contribution in [3.63, 3.8) is 0 Å². The molecule has 0 radical (unpaired) electrons. The molecule has 0 saturated heterocycles. The predicted octanol–water partition coefficient (Wildman–Crippen LogP) is 2.16. The second-order valence-electron chi connectivity index (χ2n) is 4.63. The van der Waals surface area contributed by atoms with E-state index in [2.05, 4.69) is 26.0 Å². The molecule has 0 saturated carbocycles. The lowest BCUT2D eigenvalue weighted by molar-refractivity contribution is 0.0213. The molecule has 1 rings (SSSR count). The average molecular weight is 263 g/mol. The molecule has 0 spiro atoms. The SMILES string of the molecule is CCOCO[SiH](CC(C)C)c1cccc(C#N)c1. The number of hydrogen-bond donors (Lipinski definition) is 0. The van der Waals surface area contributed by atoms with Gasteiger partial charge in [-0.3, -0.25) is 0 Å². The summed E-state index contributed by atoms with van der Waals surface area (Å²) in [4.78, 5) is 0. The molecule has 1 unspecified atom stereocenters. The highest BCUT2D eigenvalue weighted by Crippen LogP contribution is 2.08. The molecular formula is C14H21NO2Si. The Bertz CT molecular complexity index is 401. The van der Waals surface area contributed by atoms with Crippen molar-refractivity contribution < 1.29 is 9.16 Å². The molecule has 1 atom stereocenters. The van der Waals surface area contributed by atoms with Crippen LogP contribution in [0.1, 0.15) is 26.3 Å². The molecular weight excluding hydrogens is 242 g/mol. The van der Waals surface area contributed by atoms with Crippen LogP contribution in [-0.4, -0.2) is 22.4 Å². The maximum atomic E-state index is 8.94. The molecule has 0 aliphatic carbocycles. The summed E-state index contributed by atoms with van der Waals surface area (Å²) in [5.41, 5.74) is 0.703. The fourth-order valence-electron chi connectivity index (χ4n) is 1.75. The molecule has 0 fully saturated rings. The maximum absolute atomic E-state index is 8.94. The second kappa shape index (κ2) is 8.04. The van der Waals surface area contributed by atoms with E-state index in [1.165, 1.54) is 5.19 Å². The highest BCUT2D eigenvalue weighted by atomic mass is 28.3. The maximum Gasteiger partial charge on any atom is 0.211 e. The fraction of sp³-hybridized carbons (Fsp3) is 0.500. The van der Waals surface area contributed by atoms with Crippen LogP contribution in [0.3, 0.4) is 0 Å². The third kappa shape index (κ3) is 5.01. The van der Waals surface area contributed by atoms with Gasteiger partial charge in [0, 0.05) is 6.61 Å². The Balaban J connectivity index is 2.76. The van der Waals surface area contributed by atoms with Gasteiger partial charge >= 0.3 is 0 Å². The smallest absolute Gasteiger partial charge is 0.211 e. The van der Waals surface area contributed by atoms with Gasteiger partial charge in [0.15, 0.2) is 0 Å². The zero-order chi connectivity index (χ0) is 13.4. The van der Waals surface area contributed by atoms with E-state index in [1.54, 1.807) is 0 Å². The lowest BCUT2D eigenvalue weighted by atomic mass is 10.2. The van der Waals surface area contributed by atoms with Crippen LogP contribution < -0.4 is 5.19 Å². The summed E-state index contributed by atoms with van der Waals surface area (Å²) in [6.45, 7) is 7.37. The molecule has 0 bridgehead atoms. The summed E-state index contributed by atoms with van der Waals surface area (Å²) in [6, 6.07) is 11.0. The standard InChI is InChI=1S/C14H21NO2Si/c1-4-16-11-17-18(10-12(2)3)14-7-5-6-13(8-14)9-15/h5-8,12,18H,4,10-11H2,1-3H3. The molecule has 4 heteroatoms. The van der Waals surface area contributed by atoms with Crippen LogP contribution in [0.4, 0.5) is 0 Å². The Kier molecular flexibility index (Phi) is 6.66. The quantitative estimate of drug-likeness (QED) is 0.430. The largest absolute Gasteiger partial charge is 0.393 e. The number of nitrogens with zero attached hydrogens (tertiary/aromatic N) is 1. The highest BCUT2D eigenvalue weighted by molar-refractivity contribution is 6.67. The molecule has 98 valence electrons. The predicted molar refractivity (Wildman–Crippen MR) is 75.2 cm³/mol. The van der Waals surface area contributed by atoms with Gasteiger partial charge in [-0.15, -0.1) is 0 Å². The van der Waals surface area contributed by atoms with Gasteiger partial charge in [0.05, 0.1) is 11.6 Å². The zero-order valence-electron chi connectivity index (χ0n) is 11.3. The Labute approximate surface area is 111 Å². The zero-order valence-corrected chi connectivity index (χ0v) is 12.5. The monoisotopic (exact) mass is 263 g/mol. The van der Waals surface area contributed by atoms with E-state index in [9.17, 15) is 0 Å². The van der Waals surface area contributed by atoms with Crippen molar-refractivity contribution in [2.75, 3.05) is 13.4 Å². The average Bonchev–Trinajstić information content (AvgIpc) is 2.37. The van der Waals surface area contributed by atoms with Gasteiger partial charge in [-0.25, -0.2) is 0 Å². The Morgan fingerprint density at radius 1 is 1.39 bits per heavy atom. The van der Waals surface area contributed by atoms with Gasteiger partial charge in [-0.2, -0.15) is 5.26 Å². The molecule has 1 aromatic rings. The molecule has 0 N–H and O–H groups in total. The van der Waals surface area contributed by atoms with Crippen LogP contribution >= 0.6 is 0 Å². The van der Waals surface area contributed by atoms with Crippen molar-refractivity contribution in [2.24, 2.45) is 5.92 Å². The molecule has 0 aromatic heterocycles. The summed E-state index contributed by atoms with van der Waals surface area (Å²) in [5.74, 6) is 0.592. The first-order valence-electron chi connectivity index (χ1n) is 6.36. The van der Waals surface area contributed by atoms with E-state index in [4.69, 9.17) is 14.4 Å². The van der Waals surface area contributed by atoms with Crippen LogP contribution in [0.5, 0.6) is 0 Å². The molecule has 18 heavy (non-hydrogen) atoms. The van der Waals surface area contributed by atoms with Crippen molar-refractivity contribution in [1.29, 1.82) is 5.26 Å². The van der Waals surface area contributed by atoms with E-state index in [1.807, 2.05) is 25.1 Å². The first-order valence-corrected chi connectivity index (χ1v) is 8.23. The van der Waals surface area contributed by atoms with Gasteiger partial charge in [0.2, 0.25) is 9.04 Å². The van der Waals surface area contributed by atoms with E-state index in [0.717, 1.165) is 6.04 Å². The van der Waals surface area contributed by atoms with Crippen molar-refractivity contribution in [3.8, 4) is 6.07 Å².